The number of nitrogens with two attached hydrogens (primary N) is 1. The molecule has 2 unspecified atom stereocenters. The number of hydrogen-bond acceptors (Lipinski definition) is 5. The zero-order valence-electron chi connectivity index (χ0n) is 12.3. The third-order valence-corrected chi connectivity index (χ3v) is 3.81. The Balaban J connectivity index is 3.08. The second kappa shape index (κ2) is 14.4. The van der Waals surface area contributed by atoms with Gasteiger partial charge in [0.05, 0.1) is 33.0 Å². The molecule has 0 saturated carbocycles. The van der Waals surface area contributed by atoms with Crippen LogP contribution in [-0.4, -0.2) is 61.4 Å². The van der Waals surface area contributed by atoms with E-state index in [4.69, 9.17) is 19.9 Å². The van der Waals surface area contributed by atoms with Crippen LogP contribution in [0.3, 0.4) is 0 Å². The number of unbranched alkanes of at least 4 members (excludes halogenated alkanes) is 1. The lowest BCUT2D eigenvalue weighted by Crippen LogP contribution is -2.25. The van der Waals surface area contributed by atoms with E-state index in [1.165, 1.54) is 0 Å². The van der Waals surface area contributed by atoms with Crippen molar-refractivity contribution in [3.63, 3.8) is 0 Å². The lowest BCUT2D eigenvalue weighted by atomic mass is 10.4. The number of hydrogen-bond donors (Lipinski definition) is 1. The molecule has 19 heavy (non-hydrogen) atoms. The summed E-state index contributed by atoms with van der Waals surface area (Å²) < 4.78 is 27.4. The van der Waals surface area contributed by atoms with E-state index in [1.807, 2.05) is 6.92 Å². The zero-order valence-corrected chi connectivity index (χ0v) is 13.1. The van der Waals surface area contributed by atoms with E-state index in [0.29, 0.717) is 44.5 Å². The predicted molar refractivity (Wildman–Crippen MR) is 78.9 cm³/mol. The standard InChI is InChI=1S/C13H29NO4S/c1-3-4-5-16-6-7-17-8-9-18-10-11-19(15)12-13(2)14/h13H,3-12,14H2,1-2H3. The summed E-state index contributed by atoms with van der Waals surface area (Å²) in [5, 5.41) is 0. The Kier molecular flexibility index (Phi) is 14.4. The molecule has 0 aliphatic heterocycles. The third-order valence-electron chi connectivity index (χ3n) is 2.29. The Labute approximate surface area is 119 Å². The molecule has 0 radical (unpaired) electrons. The quantitative estimate of drug-likeness (QED) is 0.483. The maximum Gasteiger partial charge on any atom is 0.0701 e. The van der Waals surface area contributed by atoms with Crippen molar-refractivity contribution in [1.29, 1.82) is 0 Å². The minimum absolute atomic E-state index is 0.0168. The first-order chi connectivity index (χ1) is 9.16. The van der Waals surface area contributed by atoms with Crippen molar-refractivity contribution in [3.8, 4) is 0 Å². The van der Waals surface area contributed by atoms with Crippen LogP contribution in [0.4, 0.5) is 0 Å². The van der Waals surface area contributed by atoms with Gasteiger partial charge in [-0.1, -0.05) is 13.3 Å². The van der Waals surface area contributed by atoms with Gasteiger partial charge in [-0.15, -0.1) is 0 Å². The molecule has 0 aliphatic rings. The minimum Gasteiger partial charge on any atom is -0.379 e. The van der Waals surface area contributed by atoms with Crippen LogP contribution in [0.25, 0.3) is 0 Å². The van der Waals surface area contributed by atoms with E-state index in [-0.39, 0.29) is 6.04 Å². The molecule has 0 fully saturated rings. The van der Waals surface area contributed by atoms with Gasteiger partial charge in [0, 0.05) is 35.0 Å². The van der Waals surface area contributed by atoms with Crippen LogP contribution < -0.4 is 5.73 Å². The Morgan fingerprint density at radius 1 is 1.00 bits per heavy atom. The molecule has 2 atom stereocenters. The first-order valence-corrected chi connectivity index (χ1v) is 8.49. The van der Waals surface area contributed by atoms with Gasteiger partial charge in [-0.3, -0.25) is 4.21 Å². The Hall–Kier alpha value is -0.0100. The third kappa shape index (κ3) is 15.9. The lowest BCUT2D eigenvalue weighted by molar-refractivity contribution is 0.0168. The topological polar surface area (TPSA) is 70.8 Å². The molecule has 0 bridgehead atoms. The monoisotopic (exact) mass is 295 g/mol. The number of ether oxygens (including phenoxy) is 3. The van der Waals surface area contributed by atoms with Gasteiger partial charge < -0.3 is 19.9 Å². The van der Waals surface area contributed by atoms with E-state index >= 15 is 0 Å². The van der Waals surface area contributed by atoms with Gasteiger partial charge in [-0.25, -0.2) is 0 Å². The summed E-state index contributed by atoms with van der Waals surface area (Å²) >= 11 is 0. The van der Waals surface area contributed by atoms with Gasteiger partial charge in [0.1, 0.15) is 0 Å². The highest BCUT2D eigenvalue weighted by Crippen LogP contribution is 1.89. The molecule has 0 amide bonds. The largest absolute Gasteiger partial charge is 0.379 e. The summed E-state index contributed by atoms with van der Waals surface area (Å²) in [7, 11) is -0.875. The van der Waals surface area contributed by atoms with E-state index in [9.17, 15) is 4.21 Å². The van der Waals surface area contributed by atoms with Gasteiger partial charge >= 0.3 is 0 Å². The van der Waals surface area contributed by atoms with Gasteiger partial charge in [-0.05, 0) is 13.3 Å². The van der Waals surface area contributed by atoms with Gasteiger partial charge in [0.2, 0.25) is 0 Å². The minimum atomic E-state index is -0.875. The highest BCUT2D eigenvalue weighted by Gasteiger charge is 2.02. The van der Waals surface area contributed by atoms with Crippen LogP contribution in [0.1, 0.15) is 26.7 Å². The SMILES string of the molecule is CCCCOCCOCCOCCS(=O)CC(C)N. The van der Waals surface area contributed by atoms with Crippen molar-refractivity contribution in [2.75, 3.05) is 51.1 Å². The molecule has 0 saturated heterocycles. The molecule has 0 aromatic carbocycles. The highest BCUT2D eigenvalue weighted by molar-refractivity contribution is 7.85. The zero-order chi connectivity index (χ0) is 14.3. The van der Waals surface area contributed by atoms with Crippen LogP contribution in [-0.2, 0) is 25.0 Å². The summed E-state index contributed by atoms with van der Waals surface area (Å²) in [6, 6.07) is -0.0168. The molecule has 0 spiro atoms. The van der Waals surface area contributed by atoms with Crippen LogP contribution in [0.2, 0.25) is 0 Å². The summed E-state index contributed by atoms with van der Waals surface area (Å²) in [5.41, 5.74) is 5.56. The Morgan fingerprint density at radius 2 is 1.53 bits per heavy atom. The van der Waals surface area contributed by atoms with Gasteiger partial charge in [0.25, 0.3) is 0 Å². The molecule has 0 rings (SSSR count). The average molecular weight is 295 g/mol. The molecular weight excluding hydrogens is 266 g/mol. The molecule has 116 valence electrons. The number of rotatable bonds is 14. The Morgan fingerprint density at radius 3 is 2.05 bits per heavy atom. The molecule has 5 nitrogen and oxygen atoms in total. The normalized spacial score (nSPS) is 14.5. The van der Waals surface area contributed by atoms with Crippen LogP contribution in [0.5, 0.6) is 0 Å². The maximum absolute atomic E-state index is 11.4. The molecule has 0 aromatic rings. The lowest BCUT2D eigenvalue weighted by Gasteiger charge is -2.07. The van der Waals surface area contributed by atoms with Crippen molar-refractivity contribution in [2.24, 2.45) is 5.73 Å². The van der Waals surface area contributed by atoms with Crippen molar-refractivity contribution in [3.05, 3.63) is 0 Å². The second-order valence-corrected chi connectivity index (χ2v) is 6.10. The first kappa shape index (κ1) is 19.0. The van der Waals surface area contributed by atoms with Crippen molar-refractivity contribution in [1.82, 2.24) is 0 Å². The maximum atomic E-state index is 11.4. The molecule has 2 N–H and O–H groups in total. The van der Waals surface area contributed by atoms with Crippen LogP contribution in [0, 0.1) is 0 Å². The molecular formula is C13H29NO4S. The van der Waals surface area contributed by atoms with E-state index in [1.54, 1.807) is 0 Å². The van der Waals surface area contributed by atoms with E-state index < -0.39 is 10.8 Å². The van der Waals surface area contributed by atoms with Crippen molar-refractivity contribution in [2.45, 2.75) is 32.7 Å². The fraction of sp³-hybridized carbons (Fsp3) is 1.00. The van der Waals surface area contributed by atoms with Gasteiger partial charge in [-0.2, -0.15) is 0 Å². The van der Waals surface area contributed by atoms with Crippen LogP contribution in [0.15, 0.2) is 0 Å². The molecule has 0 aliphatic carbocycles. The fourth-order valence-corrected chi connectivity index (χ4v) is 2.37. The average Bonchev–Trinajstić information content (AvgIpc) is 2.35. The van der Waals surface area contributed by atoms with E-state index in [2.05, 4.69) is 6.92 Å². The second-order valence-electron chi connectivity index (χ2n) is 4.48. The molecule has 0 heterocycles. The Bertz CT molecular complexity index is 215. The summed E-state index contributed by atoms with van der Waals surface area (Å²) in [5.74, 6) is 1.08. The molecule has 6 heteroatoms. The van der Waals surface area contributed by atoms with E-state index in [0.717, 1.165) is 19.4 Å². The summed E-state index contributed by atoms with van der Waals surface area (Å²) in [6.45, 7) is 7.62. The first-order valence-electron chi connectivity index (χ1n) is 7.00. The van der Waals surface area contributed by atoms with Crippen LogP contribution >= 0.6 is 0 Å². The molecule has 0 aromatic heterocycles. The fourth-order valence-electron chi connectivity index (χ4n) is 1.32. The highest BCUT2D eigenvalue weighted by atomic mass is 32.2. The van der Waals surface area contributed by atoms with Crippen molar-refractivity contribution >= 4 is 10.8 Å². The summed E-state index contributed by atoms with van der Waals surface area (Å²) in [4.78, 5) is 0. The smallest absolute Gasteiger partial charge is 0.0701 e. The predicted octanol–water partition coefficient (Wildman–Crippen LogP) is 0.932. The van der Waals surface area contributed by atoms with Gasteiger partial charge in [0.15, 0.2) is 0 Å². The summed E-state index contributed by atoms with van der Waals surface area (Å²) in [6.07, 6.45) is 2.25. The van der Waals surface area contributed by atoms with Crippen molar-refractivity contribution < 1.29 is 18.4 Å².